The number of imide groups is 1. The predicted molar refractivity (Wildman–Crippen MR) is 90.4 cm³/mol. The lowest BCUT2D eigenvalue weighted by atomic mass is 10.0. The van der Waals surface area contributed by atoms with Gasteiger partial charge in [-0.05, 0) is 63.8 Å². The first kappa shape index (κ1) is 16.9. The average molecular weight is 320 g/mol. The molecule has 1 aliphatic rings. The van der Waals surface area contributed by atoms with Crippen molar-refractivity contribution in [1.82, 2.24) is 10.2 Å². The fourth-order valence-corrected chi connectivity index (χ4v) is 3.89. The van der Waals surface area contributed by atoms with Gasteiger partial charge in [0.25, 0.3) is 5.91 Å². The Kier molecular flexibility index (Phi) is 4.57. The third-order valence-electron chi connectivity index (χ3n) is 4.30. The molecular weight excluding hydrogens is 296 g/mol. The number of hydrogen-bond donors (Lipinski definition) is 1. The number of thioether (sulfide) groups is 1. The van der Waals surface area contributed by atoms with E-state index in [2.05, 4.69) is 39.1 Å². The van der Waals surface area contributed by atoms with Crippen LogP contribution < -0.4 is 5.32 Å². The Hall–Kier alpha value is -1.49. The molecule has 0 spiro atoms. The molecule has 4 nitrogen and oxygen atoms in total. The van der Waals surface area contributed by atoms with Crippen LogP contribution in [0.5, 0.6) is 0 Å². The summed E-state index contributed by atoms with van der Waals surface area (Å²) in [5.74, 6) is 0.562. The maximum absolute atomic E-state index is 12.2. The summed E-state index contributed by atoms with van der Waals surface area (Å²) in [6.07, 6.45) is 0. The smallest absolute Gasteiger partial charge is 0.324 e. The molecule has 0 aliphatic carbocycles. The minimum atomic E-state index is -0.784. The van der Waals surface area contributed by atoms with Gasteiger partial charge in [-0.15, -0.1) is 11.8 Å². The van der Waals surface area contributed by atoms with Gasteiger partial charge in [0.15, 0.2) is 0 Å². The summed E-state index contributed by atoms with van der Waals surface area (Å²) in [5, 5.41) is 2.71. The summed E-state index contributed by atoms with van der Waals surface area (Å²) in [5.41, 5.74) is 4.34. The normalized spacial score (nSPS) is 17.1. The fourth-order valence-electron chi connectivity index (χ4n) is 2.66. The number of hydrogen-bond acceptors (Lipinski definition) is 3. The monoisotopic (exact) mass is 320 g/mol. The summed E-state index contributed by atoms with van der Waals surface area (Å²) in [6, 6.07) is 1.92. The number of rotatable bonds is 4. The molecule has 0 atom stereocenters. The largest absolute Gasteiger partial charge is 0.325 e. The van der Waals surface area contributed by atoms with E-state index in [-0.39, 0.29) is 11.9 Å². The van der Waals surface area contributed by atoms with Crippen molar-refractivity contribution in [1.29, 1.82) is 0 Å². The van der Waals surface area contributed by atoms with E-state index in [1.165, 1.54) is 32.0 Å². The molecule has 1 aromatic carbocycles. The van der Waals surface area contributed by atoms with Gasteiger partial charge in [0.2, 0.25) is 0 Å². The number of nitrogens with zero attached hydrogens (tertiary/aromatic N) is 1. The standard InChI is InChI=1S/C17H24N2O2S/c1-10-9-11(2)13(4)14(12(10)3)22-8-7-19-15(20)17(5,6)18-16(19)21/h9H,7-8H2,1-6H3,(H,18,21). The topological polar surface area (TPSA) is 49.4 Å². The van der Waals surface area contributed by atoms with Gasteiger partial charge in [0.05, 0.1) is 0 Å². The van der Waals surface area contributed by atoms with Crippen LogP contribution >= 0.6 is 11.8 Å². The molecule has 0 aromatic heterocycles. The molecule has 1 aromatic rings. The highest BCUT2D eigenvalue weighted by molar-refractivity contribution is 7.99. The number of carbonyl (C=O) groups is 2. The van der Waals surface area contributed by atoms with Gasteiger partial charge in [-0.2, -0.15) is 0 Å². The van der Waals surface area contributed by atoms with Crippen LogP contribution in [0.15, 0.2) is 11.0 Å². The Bertz CT molecular complexity index is 612. The van der Waals surface area contributed by atoms with Crippen LogP contribution in [-0.2, 0) is 4.79 Å². The van der Waals surface area contributed by atoms with Gasteiger partial charge < -0.3 is 5.32 Å². The van der Waals surface area contributed by atoms with Crippen molar-refractivity contribution in [3.05, 3.63) is 28.3 Å². The van der Waals surface area contributed by atoms with Gasteiger partial charge in [-0.25, -0.2) is 4.79 Å². The Morgan fingerprint density at radius 1 is 1.09 bits per heavy atom. The minimum absolute atomic E-state index is 0.146. The van der Waals surface area contributed by atoms with Crippen molar-refractivity contribution < 1.29 is 9.59 Å². The highest BCUT2D eigenvalue weighted by Crippen LogP contribution is 2.31. The van der Waals surface area contributed by atoms with Crippen molar-refractivity contribution in [2.45, 2.75) is 52.0 Å². The molecule has 0 unspecified atom stereocenters. The lowest BCUT2D eigenvalue weighted by Crippen LogP contribution is -2.40. The first-order valence-electron chi connectivity index (χ1n) is 7.49. The van der Waals surface area contributed by atoms with Crippen molar-refractivity contribution in [3.8, 4) is 0 Å². The second kappa shape index (κ2) is 5.95. The predicted octanol–water partition coefficient (Wildman–Crippen LogP) is 3.34. The van der Waals surface area contributed by atoms with Gasteiger partial charge in [0.1, 0.15) is 5.54 Å². The summed E-state index contributed by atoms with van der Waals surface area (Å²) in [7, 11) is 0. The molecule has 1 fully saturated rings. The Morgan fingerprint density at radius 2 is 1.64 bits per heavy atom. The first-order chi connectivity index (χ1) is 10.1. The molecular formula is C17H24N2O2S. The SMILES string of the molecule is Cc1cc(C)c(C)c(SCCN2C(=O)NC(C)(C)C2=O)c1C. The van der Waals surface area contributed by atoms with Crippen molar-refractivity contribution in [2.24, 2.45) is 0 Å². The molecule has 1 N–H and O–H groups in total. The van der Waals surface area contributed by atoms with Crippen LogP contribution in [0.2, 0.25) is 0 Å². The van der Waals surface area contributed by atoms with E-state index >= 15 is 0 Å². The second-order valence-corrected chi connectivity index (χ2v) is 7.56. The summed E-state index contributed by atoms with van der Waals surface area (Å²) >= 11 is 1.72. The first-order valence-corrected chi connectivity index (χ1v) is 8.48. The number of carbonyl (C=O) groups excluding carboxylic acids is 2. The number of benzene rings is 1. The molecule has 3 amide bonds. The molecule has 1 aliphatic heterocycles. The zero-order chi connectivity index (χ0) is 16.7. The second-order valence-electron chi connectivity index (χ2n) is 6.45. The summed E-state index contributed by atoms with van der Waals surface area (Å²) in [6.45, 7) is 12.4. The average Bonchev–Trinajstić information content (AvgIpc) is 2.61. The zero-order valence-electron chi connectivity index (χ0n) is 14.2. The Morgan fingerprint density at radius 3 is 2.09 bits per heavy atom. The summed E-state index contributed by atoms with van der Waals surface area (Å²) < 4.78 is 0. The Labute approximate surface area is 136 Å². The molecule has 5 heteroatoms. The highest BCUT2D eigenvalue weighted by Gasteiger charge is 2.43. The maximum Gasteiger partial charge on any atom is 0.325 e. The third-order valence-corrected chi connectivity index (χ3v) is 5.59. The lowest BCUT2D eigenvalue weighted by Gasteiger charge is -2.17. The van der Waals surface area contributed by atoms with Crippen molar-refractivity contribution >= 4 is 23.7 Å². The molecule has 2 rings (SSSR count). The van der Waals surface area contributed by atoms with Crippen molar-refractivity contribution in [2.75, 3.05) is 12.3 Å². The minimum Gasteiger partial charge on any atom is -0.324 e. The number of urea groups is 1. The van der Waals surface area contributed by atoms with Gasteiger partial charge in [-0.3, -0.25) is 9.69 Å². The molecule has 22 heavy (non-hydrogen) atoms. The molecule has 1 heterocycles. The molecule has 120 valence electrons. The van der Waals surface area contributed by atoms with E-state index in [1.807, 2.05) is 0 Å². The lowest BCUT2D eigenvalue weighted by molar-refractivity contribution is -0.130. The fraction of sp³-hybridized carbons (Fsp3) is 0.529. The van der Waals surface area contributed by atoms with Gasteiger partial charge in [0, 0.05) is 17.2 Å². The Balaban J connectivity index is 2.07. The molecule has 0 radical (unpaired) electrons. The quantitative estimate of drug-likeness (QED) is 0.684. The van der Waals surface area contributed by atoms with Crippen LogP contribution in [0.4, 0.5) is 4.79 Å². The van der Waals surface area contributed by atoms with Crippen molar-refractivity contribution in [3.63, 3.8) is 0 Å². The number of aryl methyl sites for hydroxylation is 2. The van der Waals surface area contributed by atoms with E-state index in [0.29, 0.717) is 12.3 Å². The van der Waals surface area contributed by atoms with E-state index < -0.39 is 5.54 Å². The number of nitrogens with one attached hydrogen (secondary N) is 1. The van der Waals surface area contributed by atoms with Crippen LogP contribution in [-0.4, -0.2) is 34.7 Å². The number of amides is 3. The van der Waals surface area contributed by atoms with E-state index in [0.717, 1.165) is 0 Å². The van der Waals surface area contributed by atoms with Crippen LogP contribution in [0, 0.1) is 27.7 Å². The molecule has 1 saturated heterocycles. The van der Waals surface area contributed by atoms with E-state index in [4.69, 9.17) is 0 Å². The zero-order valence-corrected chi connectivity index (χ0v) is 15.0. The molecule has 0 bridgehead atoms. The van der Waals surface area contributed by atoms with Gasteiger partial charge in [-0.1, -0.05) is 6.07 Å². The van der Waals surface area contributed by atoms with Crippen LogP contribution in [0.3, 0.4) is 0 Å². The maximum atomic E-state index is 12.2. The summed E-state index contributed by atoms with van der Waals surface area (Å²) in [4.78, 5) is 26.6. The van der Waals surface area contributed by atoms with Crippen LogP contribution in [0.25, 0.3) is 0 Å². The van der Waals surface area contributed by atoms with E-state index in [1.54, 1.807) is 25.6 Å². The molecule has 0 saturated carbocycles. The van der Waals surface area contributed by atoms with E-state index in [9.17, 15) is 9.59 Å². The van der Waals surface area contributed by atoms with Crippen LogP contribution in [0.1, 0.15) is 36.1 Å². The van der Waals surface area contributed by atoms with Gasteiger partial charge >= 0.3 is 6.03 Å². The third kappa shape index (κ3) is 3.00. The highest BCUT2D eigenvalue weighted by atomic mass is 32.2.